The number of hydrogen-bond donors (Lipinski definition) is 3. The van der Waals surface area contributed by atoms with Crippen molar-refractivity contribution in [1.29, 1.82) is 0 Å². The summed E-state index contributed by atoms with van der Waals surface area (Å²) in [6.45, 7) is 2.32. The van der Waals surface area contributed by atoms with Gasteiger partial charge in [0.1, 0.15) is 0 Å². The average Bonchev–Trinajstić information content (AvgIpc) is 2.90. The summed E-state index contributed by atoms with van der Waals surface area (Å²) in [5, 5.41) is 14.9. The maximum atomic E-state index is 11.8. The predicted molar refractivity (Wildman–Crippen MR) is 101 cm³/mol. The monoisotopic (exact) mass is 381 g/mol. The van der Waals surface area contributed by atoms with Gasteiger partial charge in [0, 0.05) is 31.2 Å². The van der Waals surface area contributed by atoms with E-state index in [0.29, 0.717) is 16.5 Å². The van der Waals surface area contributed by atoms with Crippen LogP contribution in [0.5, 0.6) is 0 Å². The Balaban J connectivity index is 1.87. The van der Waals surface area contributed by atoms with Gasteiger partial charge >= 0.3 is 0 Å². The highest BCUT2D eigenvalue weighted by Crippen LogP contribution is 2.35. The van der Waals surface area contributed by atoms with Crippen molar-refractivity contribution in [2.75, 3.05) is 31.1 Å². The van der Waals surface area contributed by atoms with Gasteiger partial charge in [0.15, 0.2) is 0 Å². The number of benzene rings is 1. The summed E-state index contributed by atoms with van der Waals surface area (Å²) in [7, 11) is 0. The molecule has 2 fully saturated rings. The van der Waals surface area contributed by atoms with Crippen molar-refractivity contribution in [2.24, 2.45) is 0 Å². The number of imide groups is 1. The van der Waals surface area contributed by atoms with Crippen LogP contribution in [0.25, 0.3) is 6.08 Å². The van der Waals surface area contributed by atoms with E-state index < -0.39 is 0 Å². The lowest BCUT2D eigenvalue weighted by molar-refractivity contribution is -0.115. The van der Waals surface area contributed by atoms with Crippen LogP contribution < -0.4 is 15.5 Å². The molecule has 25 heavy (non-hydrogen) atoms. The summed E-state index contributed by atoms with van der Waals surface area (Å²) < 4.78 is 0. The van der Waals surface area contributed by atoms with Gasteiger partial charge in [0.25, 0.3) is 11.1 Å². The second-order valence-corrected chi connectivity index (χ2v) is 7.41. The van der Waals surface area contributed by atoms with Crippen molar-refractivity contribution in [3.05, 3.63) is 33.7 Å². The van der Waals surface area contributed by atoms with Crippen molar-refractivity contribution in [3.63, 3.8) is 0 Å². The highest BCUT2D eigenvalue weighted by Gasteiger charge is 2.27. The minimum absolute atomic E-state index is 0.111. The minimum atomic E-state index is -0.373. The zero-order valence-electron chi connectivity index (χ0n) is 13.6. The van der Waals surface area contributed by atoms with E-state index in [9.17, 15) is 9.59 Å². The summed E-state index contributed by atoms with van der Waals surface area (Å²) in [5.74, 6) is -0.373. The van der Waals surface area contributed by atoms with E-state index in [0.717, 1.165) is 48.9 Å². The summed E-state index contributed by atoms with van der Waals surface area (Å²) in [4.78, 5) is 25.8. The number of nitrogens with one attached hydrogen (secondary N) is 2. The molecule has 3 N–H and O–H groups in total. The van der Waals surface area contributed by atoms with E-state index in [-0.39, 0.29) is 23.8 Å². The molecule has 6 nitrogen and oxygen atoms in total. The average molecular weight is 382 g/mol. The zero-order chi connectivity index (χ0) is 17.8. The van der Waals surface area contributed by atoms with Gasteiger partial charge in [-0.1, -0.05) is 23.7 Å². The third-order valence-electron chi connectivity index (χ3n) is 4.23. The van der Waals surface area contributed by atoms with Crippen LogP contribution in [0.4, 0.5) is 10.5 Å². The Morgan fingerprint density at radius 1 is 1.44 bits per heavy atom. The fourth-order valence-corrected chi connectivity index (χ4v) is 4.13. The van der Waals surface area contributed by atoms with Crippen molar-refractivity contribution >= 4 is 46.3 Å². The van der Waals surface area contributed by atoms with Crippen LogP contribution in [0.15, 0.2) is 23.1 Å². The number of nitrogens with zero attached hydrogens (tertiary/aromatic N) is 1. The summed E-state index contributed by atoms with van der Waals surface area (Å²) >= 11 is 7.36. The van der Waals surface area contributed by atoms with Crippen LogP contribution >= 0.6 is 23.4 Å². The molecule has 3 rings (SSSR count). The number of thioether (sulfide) groups is 1. The van der Waals surface area contributed by atoms with Crippen molar-refractivity contribution in [1.82, 2.24) is 10.6 Å². The van der Waals surface area contributed by atoms with Crippen LogP contribution in [-0.4, -0.2) is 48.5 Å². The maximum Gasteiger partial charge on any atom is 0.290 e. The zero-order valence-corrected chi connectivity index (χ0v) is 15.2. The molecular weight excluding hydrogens is 362 g/mol. The standard InChI is InChI=1S/C17H20ClN3O3S/c18-13-5-1-3-11(9-14-16(23)20-17(24)25-14)15(13)21-7-2-4-12(10-21)19-6-8-22/h1,3,5,9,12,19,22H,2,4,6-8,10H2,(H,20,23,24)/t12-/m1/s1. The summed E-state index contributed by atoms with van der Waals surface area (Å²) in [5.41, 5.74) is 1.70. The van der Waals surface area contributed by atoms with Gasteiger partial charge in [-0.2, -0.15) is 0 Å². The van der Waals surface area contributed by atoms with Crippen LogP contribution in [0.2, 0.25) is 5.02 Å². The minimum Gasteiger partial charge on any atom is -0.395 e. The quantitative estimate of drug-likeness (QED) is 0.678. The Morgan fingerprint density at radius 3 is 3.00 bits per heavy atom. The molecule has 0 saturated carbocycles. The molecule has 134 valence electrons. The van der Waals surface area contributed by atoms with E-state index in [4.69, 9.17) is 16.7 Å². The van der Waals surface area contributed by atoms with Gasteiger partial charge in [0.2, 0.25) is 0 Å². The first-order valence-corrected chi connectivity index (χ1v) is 9.40. The van der Waals surface area contributed by atoms with Gasteiger partial charge in [-0.25, -0.2) is 0 Å². The molecule has 1 aromatic carbocycles. The molecule has 0 radical (unpaired) electrons. The fourth-order valence-electron chi connectivity index (χ4n) is 3.16. The molecule has 2 heterocycles. The molecule has 0 aliphatic carbocycles. The smallest absolute Gasteiger partial charge is 0.290 e. The third-order valence-corrected chi connectivity index (χ3v) is 5.34. The number of aliphatic hydroxyl groups excluding tert-OH is 1. The first kappa shape index (κ1) is 18.3. The molecular formula is C17H20ClN3O3S. The number of para-hydroxylation sites is 1. The lowest BCUT2D eigenvalue weighted by Gasteiger charge is -2.36. The van der Waals surface area contributed by atoms with Crippen molar-refractivity contribution < 1.29 is 14.7 Å². The normalized spacial score (nSPS) is 22.6. The van der Waals surface area contributed by atoms with Crippen LogP contribution in [0.1, 0.15) is 18.4 Å². The molecule has 2 amide bonds. The Bertz CT molecular complexity index is 710. The molecule has 2 saturated heterocycles. The van der Waals surface area contributed by atoms with Gasteiger partial charge in [0.05, 0.1) is 22.2 Å². The van der Waals surface area contributed by atoms with Crippen LogP contribution in [0.3, 0.4) is 0 Å². The number of anilines is 1. The first-order valence-electron chi connectivity index (χ1n) is 8.21. The number of aliphatic hydroxyl groups is 1. The number of halogens is 1. The van der Waals surface area contributed by atoms with E-state index in [1.54, 1.807) is 6.08 Å². The highest BCUT2D eigenvalue weighted by molar-refractivity contribution is 8.18. The third kappa shape index (κ3) is 4.36. The number of rotatable bonds is 5. The molecule has 1 aromatic rings. The van der Waals surface area contributed by atoms with Gasteiger partial charge in [-0.3, -0.25) is 14.9 Å². The highest BCUT2D eigenvalue weighted by atomic mass is 35.5. The van der Waals surface area contributed by atoms with Gasteiger partial charge in [-0.15, -0.1) is 0 Å². The molecule has 0 unspecified atom stereocenters. The SMILES string of the molecule is O=C1NC(=O)C(=Cc2cccc(Cl)c2N2CCC[C@@H](NCCO)C2)S1. The van der Waals surface area contributed by atoms with Crippen LogP contribution in [0, 0.1) is 0 Å². The first-order chi connectivity index (χ1) is 12.1. The molecule has 1 atom stereocenters. The number of hydrogen-bond acceptors (Lipinski definition) is 6. The number of amides is 2. The lowest BCUT2D eigenvalue weighted by Crippen LogP contribution is -2.46. The van der Waals surface area contributed by atoms with Crippen LogP contribution in [-0.2, 0) is 4.79 Å². The summed E-state index contributed by atoms with van der Waals surface area (Å²) in [6.07, 6.45) is 3.78. The number of carbonyl (C=O) groups excluding carboxylic acids is 2. The molecule has 2 aliphatic heterocycles. The molecule has 2 aliphatic rings. The lowest BCUT2D eigenvalue weighted by atomic mass is 10.0. The second kappa shape index (κ2) is 8.23. The second-order valence-electron chi connectivity index (χ2n) is 5.99. The predicted octanol–water partition coefficient (Wildman–Crippen LogP) is 2.21. The number of carbonyl (C=O) groups is 2. The molecule has 8 heteroatoms. The Labute approximate surface area is 155 Å². The maximum absolute atomic E-state index is 11.8. The van der Waals surface area contributed by atoms with Crippen molar-refractivity contribution in [3.8, 4) is 0 Å². The van der Waals surface area contributed by atoms with Crippen molar-refractivity contribution in [2.45, 2.75) is 18.9 Å². The topological polar surface area (TPSA) is 81.7 Å². The largest absolute Gasteiger partial charge is 0.395 e. The van der Waals surface area contributed by atoms with Gasteiger partial charge < -0.3 is 15.3 Å². The molecule has 0 aromatic heterocycles. The molecule has 0 spiro atoms. The van der Waals surface area contributed by atoms with Gasteiger partial charge in [-0.05, 0) is 36.7 Å². The molecule has 0 bridgehead atoms. The van der Waals surface area contributed by atoms with E-state index in [2.05, 4.69) is 15.5 Å². The number of piperidine rings is 1. The summed E-state index contributed by atoms with van der Waals surface area (Å²) in [6, 6.07) is 5.85. The Kier molecular flexibility index (Phi) is 6.01. The Morgan fingerprint density at radius 2 is 2.28 bits per heavy atom. The Hall–Kier alpha value is -1.54. The fraction of sp³-hybridized carbons (Fsp3) is 0.412. The van der Waals surface area contributed by atoms with E-state index >= 15 is 0 Å². The van der Waals surface area contributed by atoms with E-state index in [1.807, 2.05) is 18.2 Å². The van der Waals surface area contributed by atoms with E-state index in [1.165, 1.54) is 0 Å².